The Balaban J connectivity index is 1.78. The van der Waals surface area contributed by atoms with Crippen LogP contribution in [0.25, 0.3) is 0 Å². The molecule has 0 aliphatic heterocycles. The molecular weight excluding hydrogens is 284 g/mol. The van der Waals surface area contributed by atoms with Gasteiger partial charge in [0, 0.05) is 19.3 Å². The van der Waals surface area contributed by atoms with Gasteiger partial charge in [-0.25, -0.2) is 4.98 Å². The second-order valence-electron chi connectivity index (χ2n) is 5.40. The molecule has 1 aromatic carbocycles. The maximum absolute atomic E-state index is 5.82. The molecular formula is C17H21ClN2O. The molecule has 0 N–H and O–H groups in total. The summed E-state index contributed by atoms with van der Waals surface area (Å²) < 4.78 is 5.82. The Morgan fingerprint density at radius 2 is 1.86 bits per heavy atom. The van der Waals surface area contributed by atoms with Crippen molar-refractivity contribution >= 4 is 11.6 Å². The van der Waals surface area contributed by atoms with Gasteiger partial charge in [0.15, 0.2) is 0 Å². The third kappa shape index (κ3) is 5.37. The van der Waals surface area contributed by atoms with Gasteiger partial charge in [-0.15, -0.1) is 0 Å². The van der Waals surface area contributed by atoms with Crippen LogP contribution < -0.4 is 4.74 Å². The summed E-state index contributed by atoms with van der Waals surface area (Å²) in [5, 5.41) is 0.527. The van der Waals surface area contributed by atoms with E-state index in [0.29, 0.717) is 11.8 Å². The van der Waals surface area contributed by atoms with E-state index in [1.165, 1.54) is 11.1 Å². The zero-order valence-corrected chi connectivity index (χ0v) is 13.5. The minimum absolute atomic E-state index is 0.527. The average Bonchev–Trinajstić information content (AvgIpc) is 2.40. The summed E-state index contributed by atoms with van der Waals surface area (Å²) in [6, 6.07) is 10.1. The minimum Gasteiger partial charge on any atom is -0.492 e. The molecule has 0 amide bonds. The van der Waals surface area contributed by atoms with Crippen molar-refractivity contribution in [2.45, 2.75) is 20.4 Å². The van der Waals surface area contributed by atoms with Crippen LogP contribution in [-0.4, -0.2) is 30.1 Å². The van der Waals surface area contributed by atoms with Gasteiger partial charge >= 0.3 is 0 Å². The number of aromatic nitrogens is 1. The van der Waals surface area contributed by atoms with Gasteiger partial charge in [-0.05, 0) is 55.8 Å². The molecule has 0 unspecified atom stereocenters. The van der Waals surface area contributed by atoms with Crippen LogP contribution in [0.2, 0.25) is 5.15 Å². The van der Waals surface area contributed by atoms with Crippen molar-refractivity contribution in [2.24, 2.45) is 0 Å². The molecule has 2 aromatic rings. The van der Waals surface area contributed by atoms with E-state index in [-0.39, 0.29) is 0 Å². The number of halogens is 1. The molecule has 4 heteroatoms. The number of hydrogen-bond donors (Lipinski definition) is 0. The molecule has 0 bridgehead atoms. The summed E-state index contributed by atoms with van der Waals surface area (Å²) >= 11 is 5.78. The van der Waals surface area contributed by atoms with E-state index in [0.717, 1.165) is 24.4 Å². The fourth-order valence-corrected chi connectivity index (χ4v) is 2.34. The highest BCUT2D eigenvalue weighted by atomic mass is 35.5. The molecule has 0 saturated heterocycles. The molecule has 0 atom stereocenters. The van der Waals surface area contributed by atoms with Crippen LogP contribution in [0, 0.1) is 13.8 Å². The predicted octanol–water partition coefficient (Wildman–Crippen LogP) is 3.86. The van der Waals surface area contributed by atoms with E-state index < -0.39 is 0 Å². The second kappa shape index (κ2) is 7.43. The molecule has 21 heavy (non-hydrogen) atoms. The Bertz CT molecular complexity index is 564. The first-order chi connectivity index (χ1) is 10.0. The number of nitrogens with zero attached hydrogens (tertiary/aromatic N) is 2. The number of aryl methyl sites for hydroxylation is 2. The molecule has 0 aliphatic rings. The smallest absolute Gasteiger partial charge is 0.129 e. The molecule has 1 heterocycles. The van der Waals surface area contributed by atoms with Gasteiger partial charge in [0.05, 0.1) is 0 Å². The second-order valence-corrected chi connectivity index (χ2v) is 5.79. The maximum atomic E-state index is 5.82. The standard InChI is InChI=1S/C17H21ClN2O/c1-13-8-14(2)10-16(9-13)21-7-6-20(3)12-15-4-5-17(18)19-11-15/h4-5,8-11H,6-7,12H2,1-3H3. The summed E-state index contributed by atoms with van der Waals surface area (Å²) in [5.74, 6) is 0.939. The van der Waals surface area contributed by atoms with Crippen molar-refractivity contribution in [2.75, 3.05) is 20.2 Å². The molecule has 2 rings (SSSR count). The van der Waals surface area contributed by atoms with Gasteiger partial charge in [0.2, 0.25) is 0 Å². The van der Waals surface area contributed by atoms with Crippen LogP contribution in [0.3, 0.4) is 0 Å². The number of rotatable bonds is 6. The SMILES string of the molecule is Cc1cc(C)cc(OCCN(C)Cc2ccc(Cl)nc2)c1. The first-order valence-corrected chi connectivity index (χ1v) is 7.41. The monoisotopic (exact) mass is 304 g/mol. The molecule has 3 nitrogen and oxygen atoms in total. The van der Waals surface area contributed by atoms with Crippen molar-refractivity contribution < 1.29 is 4.74 Å². The predicted molar refractivity (Wildman–Crippen MR) is 87.0 cm³/mol. The van der Waals surface area contributed by atoms with Crippen molar-refractivity contribution in [1.29, 1.82) is 0 Å². The van der Waals surface area contributed by atoms with Crippen molar-refractivity contribution in [1.82, 2.24) is 9.88 Å². The summed E-state index contributed by atoms with van der Waals surface area (Å²) in [7, 11) is 2.07. The zero-order valence-electron chi connectivity index (χ0n) is 12.8. The van der Waals surface area contributed by atoms with Crippen LogP contribution in [0.5, 0.6) is 5.75 Å². The molecule has 0 saturated carbocycles. The largest absolute Gasteiger partial charge is 0.492 e. The number of ether oxygens (including phenoxy) is 1. The quantitative estimate of drug-likeness (QED) is 0.758. The Labute approximate surface area is 131 Å². The first kappa shape index (κ1) is 15.8. The van der Waals surface area contributed by atoms with Gasteiger partial charge in [-0.1, -0.05) is 23.7 Å². The lowest BCUT2D eigenvalue weighted by Gasteiger charge is -2.17. The van der Waals surface area contributed by atoms with E-state index in [9.17, 15) is 0 Å². The molecule has 1 aromatic heterocycles. The lowest BCUT2D eigenvalue weighted by molar-refractivity contribution is 0.232. The third-order valence-electron chi connectivity index (χ3n) is 3.18. The van der Waals surface area contributed by atoms with Crippen molar-refractivity contribution in [3.63, 3.8) is 0 Å². The zero-order chi connectivity index (χ0) is 15.2. The molecule has 0 spiro atoms. The molecule has 0 radical (unpaired) electrons. The summed E-state index contributed by atoms with van der Waals surface area (Å²) in [6.07, 6.45) is 1.81. The van der Waals surface area contributed by atoms with Crippen molar-refractivity contribution in [3.05, 3.63) is 58.4 Å². The maximum Gasteiger partial charge on any atom is 0.129 e. The van der Waals surface area contributed by atoms with Gasteiger partial charge < -0.3 is 4.74 Å². The summed E-state index contributed by atoms with van der Waals surface area (Å²) in [4.78, 5) is 6.29. The first-order valence-electron chi connectivity index (χ1n) is 7.03. The van der Waals surface area contributed by atoms with E-state index >= 15 is 0 Å². The number of benzene rings is 1. The van der Waals surface area contributed by atoms with Crippen LogP contribution in [0.15, 0.2) is 36.5 Å². The van der Waals surface area contributed by atoms with Crippen molar-refractivity contribution in [3.8, 4) is 5.75 Å². The summed E-state index contributed by atoms with van der Waals surface area (Å²) in [5.41, 5.74) is 3.60. The van der Waals surface area contributed by atoms with Crippen LogP contribution in [-0.2, 0) is 6.54 Å². The molecule has 112 valence electrons. The van der Waals surface area contributed by atoms with Gasteiger partial charge in [0.1, 0.15) is 17.5 Å². The molecule has 0 aliphatic carbocycles. The van der Waals surface area contributed by atoms with Crippen LogP contribution >= 0.6 is 11.6 Å². The third-order valence-corrected chi connectivity index (χ3v) is 3.40. The number of hydrogen-bond acceptors (Lipinski definition) is 3. The highest BCUT2D eigenvalue weighted by molar-refractivity contribution is 6.29. The van der Waals surface area contributed by atoms with Gasteiger partial charge in [-0.2, -0.15) is 0 Å². The lowest BCUT2D eigenvalue weighted by atomic mass is 10.1. The Kier molecular flexibility index (Phi) is 5.59. The minimum atomic E-state index is 0.527. The number of likely N-dealkylation sites (N-methyl/N-ethyl adjacent to an activating group) is 1. The fourth-order valence-electron chi connectivity index (χ4n) is 2.23. The highest BCUT2D eigenvalue weighted by Crippen LogP contribution is 2.16. The van der Waals surface area contributed by atoms with Gasteiger partial charge in [0.25, 0.3) is 0 Å². The fraction of sp³-hybridized carbons (Fsp3) is 0.353. The van der Waals surface area contributed by atoms with E-state index in [4.69, 9.17) is 16.3 Å². The van der Waals surface area contributed by atoms with E-state index in [1.54, 1.807) is 0 Å². The molecule has 0 fully saturated rings. The Hall–Kier alpha value is -1.58. The summed E-state index contributed by atoms with van der Waals surface area (Å²) in [6.45, 7) is 6.52. The lowest BCUT2D eigenvalue weighted by Crippen LogP contribution is -2.23. The normalized spacial score (nSPS) is 10.9. The Morgan fingerprint density at radius 1 is 1.14 bits per heavy atom. The Morgan fingerprint density at radius 3 is 2.48 bits per heavy atom. The number of pyridine rings is 1. The van der Waals surface area contributed by atoms with E-state index in [2.05, 4.69) is 49.0 Å². The van der Waals surface area contributed by atoms with E-state index in [1.807, 2.05) is 18.3 Å². The topological polar surface area (TPSA) is 25.4 Å². The van der Waals surface area contributed by atoms with Gasteiger partial charge in [-0.3, -0.25) is 4.90 Å². The van der Waals surface area contributed by atoms with Crippen LogP contribution in [0.4, 0.5) is 0 Å². The average molecular weight is 305 g/mol. The van der Waals surface area contributed by atoms with Crippen LogP contribution in [0.1, 0.15) is 16.7 Å². The highest BCUT2D eigenvalue weighted by Gasteiger charge is 2.02.